The van der Waals surface area contributed by atoms with E-state index in [9.17, 15) is 9.59 Å². The summed E-state index contributed by atoms with van der Waals surface area (Å²) in [5, 5.41) is 0. The van der Waals surface area contributed by atoms with Crippen LogP contribution in [0.5, 0.6) is 0 Å². The van der Waals surface area contributed by atoms with E-state index in [1.807, 2.05) is 37.8 Å². The van der Waals surface area contributed by atoms with Crippen molar-refractivity contribution in [3.05, 3.63) is 65.2 Å². The average molecular weight is 464 g/mol. The predicted molar refractivity (Wildman–Crippen MR) is 135 cm³/mol. The predicted octanol–water partition coefficient (Wildman–Crippen LogP) is 4.97. The van der Waals surface area contributed by atoms with Crippen molar-refractivity contribution in [1.29, 1.82) is 0 Å². The van der Waals surface area contributed by atoms with E-state index in [4.69, 9.17) is 4.74 Å². The van der Waals surface area contributed by atoms with Gasteiger partial charge in [-0.05, 0) is 81.3 Å². The summed E-state index contributed by atoms with van der Waals surface area (Å²) >= 11 is 0. The Morgan fingerprint density at radius 1 is 1.03 bits per heavy atom. The first-order chi connectivity index (χ1) is 16.2. The molecule has 2 amide bonds. The maximum atomic E-state index is 13.2. The van der Waals surface area contributed by atoms with Gasteiger partial charge in [-0.25, -0.2) is 4.79 Å². The Morgan fingerprint density at radius 3 is 2.44 bits per heavy atom. The minimum absolute atomic E-state index is 0.0696. The molecular formula is C28H37N3O3. The third kappa shape index (κ3) is 5.91. The molecule has 0 N–H and O–H groups in total. The van der Waals surface area contributed by atoms with Crippen molar-refractivity contribution in [2.75, 3.05) is 38.1 Å². The van der Waals surface area contributed by atoms with Crippen LogP contribution in [0.2, 0.25) is 0 Å². The van der Waals surface area contributed by atoms with Crippen molar-refractivity contribution in [1.82, 2.24) is 9.80 Å². The molecule has 2 aromatic rings. The van der Waals surface area contributed by atoms with E-state index in [0.29, 0.717) is 13.1 Å². The molecule has 0 aromatic heterocycles. The number of rotatable bonds is 4. The lowest BCUT2D eigenvalue weighted by Crippen LogP contribution is -2.45. The Balaban J connectivity index is 1.34. The first-order valence-corrected chi connectivity index (χ1v) is 12.3. The van der Waals surface area contributed by atoms with Crippen LogP contribution >= 0.6 is 0 Å². The van der Waals surface area contributed by atoms with Gasteiger partial charge in [0.05, 0.1) is 0 Å². The summed E-state index contributed by atoms with van der Waals surface area (Å²) in [6, 6.07) is 16.7. The Morgan fingerprint density at radius 2 is 1.74 bits per heavy atom. The zero-order valence-electron chi connectivity index (χ0n) is 20.9. The summed E-state index contributed by atoms with van der Waals surface area (Å²) in [5.74, 6) is 0.322. The van der Waals surface area contributed by atoms with Crippen molar-refractivity contribution < 1.29 is 14.3 Å². The van der Waals surface area contributed by atoms with Gasteiger partial charge < -0.3 is 19.4 Å². The molecule has 1 fully saturated rings. The van der Waals surface area contributed by atoms with Crippen LogP contribution < -0.4 is 4.90 Å². The van der Waals surface area contributed by atoms with Crippen LogP contribution in [0.4, 0.5) is 10.5 Å². The third-order valence-corrected chi connectivity index (χ3v) is 6.65. The van der Waals surface area contributed by atoms with Crippen LogP contribution in [0.3, 0.4) is 0 Å². The highest BCUT2D eigenvalue weighted by Gasteiger charge is 2.28. The van der Waals surface area contributed by atoms with Gasteiger partial charge in [0.1, 0.15) is 5.60 Å². The largest absolute Gasteiger partial charge is 0.444 e. The van der Waals surface area contributed by atoms with Crippen LogP contribution in [-0.2, 0) is 17.7 Å². The number of anilines is 1. The van der Waals surface area contributed by atoms with Gasteiger partial charge in [-0.1, -0.05) is 24.3 Å². The lowest BCUT2D eigenvalue weighted by atomic mass is 9.96. The van der Waals surface area contributed by atoms with Crippen molar-refractivity contribution >= 4 is 17.7 Å². The van der Waals surface area contributed by atoms with E-state index >= 15 is 0 Å². The summed E-state index contributed by atoms with van der Waals surface area (Å²) < 4.78 is 5.47. The topological polar surface area (TPSA) is 53.1 Å². The van der Waals surface area contributed by atoms with Crippen molar-refractivity contribution in [3.8, 4) is 0 Å². The smallest absolute Gasteiger partial charge is 0.410 e. The molecule has 6 heteroatoms. The highest BCUT2D eigenvalue weighted by atomic mass is 16.6. The molecule has 0 radical (unpaired) electrons. The first-order valence-electron chi connectivity index (χ1n) is 12.3. The van der Waals surface area contributed by atoms with Crippen LogP contribution in [0.25, 0.3) is 0 Å². The maximum Gasteiger partial charge on any atom is 0.410 e. The first kappa shape index (κ1) is 24.1. The molecule has 2 heterocycles. The summed E-state index contributed by atoms with van der Waals surface area (Å²) in [6.45, 7) is 9.52. The monoisotopic (exact) mass is 463 g/mol. The van der Waals surface area contributed by atoms with Crippen LogP contribution in [-0.4, -0.2) is 60.6 Å². The third-order valence-electron chi connectivity index (χ3n) is 6.65. The number of carbonyl (C=O) groups is 2. The molecule has 2 aromatic carbocycles. The van der Waals surface area contributed by atoms with E-state index in [0.717, 1.165) is 50.1 Å². The van der Waals surface area contributed by atoms with Gasteiger partial charge >= 0.3 is 6.09 Å². The fourth-order valence-electron chi connectivity index (χ4n) is 4.91. The molecule has 1 unspecified atom stereocenters. The lowest BCUT2D eigenvalue weighted by Gasteiger charge is -2.35. The molecule has 182 valence electrons. The molecule has 2 aliphatic rings. The van der Waals surface area contributed by atoms with Crippen LogP contribution in [0.15, 0.2) is 48.5 Å². The second kappa shape index (κ2) is 10.1. The van der Waals surface area contributed by atoms with Crippen molar-refractivity contribution in [2.24, 2.45) is 5.92 Å². The molecule has 1 atom stereocenters. The van der Waals surface area contributed by atoms with Gasteiger partial charge in [0.2, 0.25) is 0 Å². The van der Waals surface area contributed by atoms with Gasteiger partial charge in [-0.15, -0.1) is 0 Å². The number of ether oxygens (including phenoxy) is 1. The van der Waals surface area contributed by atoms with Gasteiger partial charge in [0, 0.05) is 51.0 Å². The van der Waals surface area contributed by atoms with Crippen LogP contribution in [0, 0.1) is 5.92 Å². The number of piperidine rings is 1. The Labute approximate surface area is 203 Å². The molecule has 0 spiro atoms. The number of nitrogens with zero attached hydrogens (tertiary/aromatic N) is 3. The quantitative estimate of drug-likeness (QED) is 0.643. The zero-order valence-corrected chi connectivity index (χ0v) is 20.9. The number of benzene rings is 2. The number of amides is 2. The van der Waals surface area contributed by atoms with E-state index in [1.54, 1.807) is 11.9 Å². The van der Waals surface area contributed by atoms with Crippen molar-refractivity contribution in [3.63, 3.8) is 0 Å². The minimum atomic E-state index is -0.510. The fraction of sp³-hybridized carbons (Fsp3) is 0.500. The molecular weight excluding hydrogens is 426 g/mol. The number of fused-ring (bicyclic) bond motifs is 1. The summed E-state index contributed by atoms with van der Waals surface area (Å²) in [4.78, 5) is 31.5. The molecule has 34 heavy (non-hydrogen) atoms. The Bertz CT molecular complexity index is 1010. The van der Waals surface area contributed by atoms with Crippen molar-refractivity contribution in [2.45, 2.75) is 52.2 Å². The van der Waals surface area contributed by atoms with E-state index in [-0.39, 0.29) is 17.9 Å². The molecule has 1 saturated heterocycles. The zero-order chi connectivity index (χ0) is 24.3. The average Bonchev–Trinajstić information content (AvgIpc) is 2.82. The SMILES string of the molecule is CN(CC1CCCN(C(=O)c2ccc(N3CCc4ccccc4C3)cc2)C1)C(=O)OC(C)(C)C. The molecule has 0 aliphatic carbocycles. The fourth-order valence-corrected chi connectivity index (χ4v) is 4.91. The van der Waals surface area contributed by atoms with Gasteiger partial charge in [0.15, 0.2) is 0 Å². The van der Waals surface area contributed by atoms with Gasteiger partial charge in [-0.2, -0.15) is 0 Å². The number of carbonyl (C=O) groups excluding carboxylic acids is 2. The summed E-state index contributed by atoms with van der Waals surface area (Å²) in [7, 11) is 1.77. The summed E-state index contributed by atoms with van der Waals surface area (Å²) in [6.07, 6.45) is 2.69. The van der Waals surface area contributed by atoms with E-state index in [1.165, 1.54) is 11.1 Å². The lowest BCUT2D eigenvalue weighted by molar-refractivity contribution is 0.0244. The molecule has 0 saturated carbocycles. The normalized spacial score (nSPS) is 18.3. The highest BCUT2D eigenvalue weighted by Crippen LogP contribution is 2.26. The highest BCUT2D eigenvalue weighted by molar-refractivity contribution is 5.94. The second-order valence-corrected chi connectivity index (χ2v) is 10.6. The summed E-state index contributed by atoms with van der Waals surface area (Å²) in [5.41, 5.74) is 4.18. The molecule has 6 nitrogen and oxygen atoms in total. The number of hydrogen-bond donors (Lipinski definition) is 0. The second-order valence-electron chi connectivity index (χ2n) is 10.6. The molecule has 2 aliphatic heterocycles. The van der Waals surface area contributed by atoms with E-state index in [2.05, 4.69) is 41.3 Å². The van der Waals surface area contributed by atoms with E-state index < -0.39 is 5.60 Å². The van der Waals surface area contributed by atoms with Gasteiger partial charge in [-0.3, -0.25) is 4.79 Å². The molecule has 0 bridgehead atoms. The minimum Gasteiger partial charge on any atom is -0.444 e. The van der Waals surface area contributed by atoms with Crippen LogP contribution in [0.1, 0.15) is 55.1 Å². The number of likely N-dealkylation sites (tertiary alicyclic amines) is 1. The Kier molecular flexibility index (Phi) is 7.15. The van der Waals surface area contributed by atoms with Gasteiger partial charge in [0.25, 0.3) is 5.91 Å². The Hall–Kier alpha value is -3.02. The maximum absolute atomic E-state index is 13.2. The molecule has 4 rings (SSSR count). The standard InChI is InChI=1S/C28H37N3O3/c1-28(2,3)34-27(33)29(4)18-21-8-7-16-31(19-21)26(32)23-11-13-25(14-12-23)30-17-15-22-9-5-6-10-24(22)20-30/h5-6,9-14,21H,7-8,15-20H2,1-4H3. The number of hydrogen-bond acceptors (Lipinski definition) is 4.